The van der Waals surface area contributed by atoms with Crippen molar-refractivity contribution < 1.29 is 18.0 Å². The highest BCUT2D eigenvalue weighted by Gasteiger charge is 2.34. The fourth-order valence-electron chi connectivity index (χ4n) is 4.60. The molecule has 0 unspecified atom stereocenters. The standard InChI is InChI=1S/C25H23ClF3N5OS/c1-14-11-33(12-15(2)31-14)24-32-23(35)22(36-24)8-16-3-6-21-18(7-16)10-30-34(21)13-17-4-5-19(26)9-20(17)25(27,28)29/h3-10,14-15,31H,11-13H2,1-2H3/b22-8+/t14-,15+. The van der Waals surface area contributed by atoms with E-state index in [4.69, 9.17) is 11.6 Å². The van der Waals surface area contributed by atoms with Gasteiger partial charge in [-0.2, -0.15) is 23.3 Å². The third kappa shape index (κ3) is 5.16. The van der Waals surface area contributed by atoms with E-state index in [0.29, 0.717) is 27.7 Å². The van der Waals surface area contributed by atoms with Gasteiger partial charge in [0.2, 0.25) is 0 Å². The molecule has 1 fully saturated rings. The number of amides is 1. The summed E-state index contributed by atoms with van der Waals surface area (Å²) in [4.78, 5) is 19.5. The van der Waals surface area contributed by atoms with E-state index in [1.165, 1.54) is 28.6 Å². The maximum Gasteiger partial charge on any atom is 0.416 e. The predicted molar refractivity (Wildman–Crippen MR) is 137 cm³/mol. The Hall–Kier alpha value is -2.82. The Morgan fingerprint density at radius 2 is 1.92 bits per heavy atom. The van der Waals surface area contributed by atoms with E-state index in [1.807, 2.05) is 12.1 Å². The highest BCUT2D eigenvalue weighted by Crippen LogP contribution is 2.35. The van der Waals surface area contributed by atoms with Crippen molar-refractivity contribution >= 4 is 51.4 Å². The van der Waals surface area contributed by atoms with Gasteiger partial charge in [0.25, 0.3) is 5.91 Å². The van der Waals surface area contributed by atoms with Gasteiger partial charge in [0, 0.05) is 35.6 Å². The molecule has 2 aromatic carbocycles. The van der Waals surface area contributed by atoms with Crippen molar-refractivity contribution in [2.24, 2.45) is 4.99 Å². The van der Waals surface area contributed by atoms with Crippen LogP contribution in [0, 0.1) is 0 Å². The summed E-state index contributed by atoms with van der Waals surface area (Å²) in [6.07, 6.45) is -1.12. The third-order valence-corrected chi connectivity index (χ3v) is 7.38. The smallest absolute Gasteiger partial charge is 0.348 e. The second kappa shape index (κ2) is 9.57. The summed E-state index contributed by atoms with van der Waals surface area (Å²) in [5.74, 6) is -0.271. The van der Waals surface area contributed by atoms with Crippen LogP contribution in [0.1, 0.15) is 30.5 Å². The molecule has 3 heterocycles. The Bertz CT molecular complexity index is 1390. The van der Waals surface area contributed by atoms with Crippen LogP contribution in [0.2, 0.25) is 5.02 Å². The Balaban J connectivity index is 1.36. The molecule has 1 N–H and O–H groups in total. The van der Waals surface area contributed by atoms with Crippen LogP contribution in [-0.2, 0) is 17.5 Å². The molecule has 2 aliphatic rings. The largest absolute Gasteiger partial charge is 0.416 e. The van der Waals surface area contributed by atoms with Crippen molar-refractivity contribution in [3.63, 3.8) is 0 Å². The van der Waals surface area contributed by atoms with Crippen molar-refractivity contribution in [2.75, 3.05) is 13.1 Å². The highest BCUT2D eigenvalue weighted by molar-refractivity contribution is 8.18. The van der Waals surface area contributed by atoms with Gasteiger partial charge in [-0.3, -0.25) is 9.48 Å². The molecular weight excluding hydrogens is 511 g/mol. The van der Waals surface area contributed by atoms with Crippen LogP contribution in [0.15, 0.2) is 52.5 Å². The molecule has 2 atom stereocenters. The van der Waals surface area contributed by atoms with Gasteiger partial charge < -0.3 is 10.2 Å². The Morgan fingerprint density at radius 3 is 2.64 bits per heavy atom. The van der Waals surface area contributed by atoms with Crippen molar-refractivity contribution in [1.29, 1.82) is 0 Å². The highest BCUT2D eigenvalue weighted by atomic mass is 35.5. The predicted octanol–water partition coefficient (Wildman–Crippen LogP) is 5.41. The number of carbonyl (C=O) groups excluding carboxylic acids is 1. The van der Waals surface area contributed by atoms with Gasteiger partial charge in [-0.25, -0.2) is 0 Å². The number of rotatable bonds is 3. The molecule has 5 rings (SSSR count). The molecule has 11 heteroatoms. The molecule has 0 spiro atoms. The van der Waals surface area contributed by atoms with Crippen LogP contribution in [0.5, 0.6) is 0 Å². The number of hydrogen-bond donors (Lipinski definition) is 1. The number of piperazine rings is 1. The first-order valence-electron chi connectivity index (χ1n) is 11.4. The van der Waals surface area contributed by atoms with Gasteiger partial charge in [-0.05, 0) is 67.1 Å². The maximum absolute atomic E-state index is 13.5. The van der Waals surface area contributed by atoms with E-state index in [1.54, 1.807) is 18.3 Å². The molecule has 3 aromatic rings. The number of aliphatic imine (C=N–C) groups is 1. The molecule has 0 bridgehead atoms. The minimum absolute atomic E-state index is 0.0292. The topological polar surface area (TPSA) is 62.5 Å². The molecule has 36 heavy (non-hydrogen) atoms. The molecule has 0 aliphatic carbocycles. The Labute approximate surface area is 215 Å². The van der Waals surface area contributed by atoms with E-state index in [2.05, 4.69) is 34.2 Å². The summed E-state index contributed by atoms with van der Waals surface area (Å²) in [7, 11) is 0. The lowest BCUT2D eigenvalue weighted by atomic mass is 10.1. The van der Waals surface area contributed by atoms with E-state index >= 15 is 0 Å². The van der Waals surface area contributed by atoms with E-state index < -0.39 is 11.7 Å². The second-order valence-electron chi connectivity index (χ2n) is 9.10. The fraction of sp³-hybridized carbons (Fsp3) is 0.320. The zero-order valence-electron chi connectivity index (χ0n) is 19.5. The number of amidine groups is 1. The summed E-state index contributed by atoms with van der Waals surface area (Å²) < 4.78 is 42.0. The maximum atomic E-state index is 13.5. The van der Waals surface area contributed by atoms with Crippen LogP contribution in [0.4, 0.5) is 13.2 Å². The molecule has 1 saturated heterocycles. The van der Waals surface area contributed by atoms with Crippen LogP contribution in [-0.4, -0.2) is 50.9 Å². The van der Waals surface area contributed by atoms with Crippen molar-refractivity contribution in [1.82, 2.24) is 20.0 Å². The summed E-state index contributed by atoms with van der Waals surface area (Å²) in [6, 6.07) is 9.83. The number of thioether (sulfide) groups is 1. The lowest BCUT2D eigenvalue weighted by molar-refractivity contribution is -0.138. The monoisotopic (exact) mass is 533 g/mol. The van der Waals surface area contributed by atoms with E-state index in [-0.39, 0.29) is 23.0 Å². The van der Waals surface area contributed by atoms with Gasteiger partial charge in [0.15, 0.2) is 5.17 Å². The molecular formula is C25H23ClF3N5OS. The van der Waals surface area contributed by atoms with Crippen LogP contribution in [0.25, 0.3) is 17.0 Å². The number of hydrogen-bond acceptors (Lipinski definition) is 5. The number of fused-ring (bicyclic) bond motifs is 1. The number of benzene rings is 2. The van der Waals surface area contributed by atoms with Crippen molar-refractivity contribution in [3.05, 3.63) is 69.2 Å². The molecule has 188 valence electrons. The number of carbonyl (C=O) groups is 1. The molecule has 1 aromatic heterocycles. The first-order chi connectivity index (χ1) is 17.1. The lowest BCUT2D eigenvalue weighted by Crippen LogP contribution is -2.55. The fourth-order valence-corrected chi connectivity index (χ4v) is 5.70. The Morgan fingerprint density at radius 1 is 1.17 bits per heavy atom. The SMILES string of the molecule is C[C@@H]1CN(C2=NC(=O)/C(=C\c3ccc4c(cnn4Cc4ccc(Cl)cc4C(F)(F)F)c3)S2)C[C@H](C)N1. The average molecular weight is 534 g/mol. The summed E-state index contributed by atoms with van der Waals surface area (Å²) in [6.45, 7) is 5.72. The second-order valence-corrected chi connectivity index (χ2v) is 10.5. The van der Waals surface area contributed by atoms with E-state index in [0.717, 1.165) is 30.1 Å². The first-order valence-corrected chi connectivity index (χ1v) is 12.6. The first kappa shape index (κ1) is 24.9. The van der Waals surface area contributed by atoms with Crippen LogP contribution < -0.4 is 5.32 Å². The minimum atomic E-state index is -4.52. The molecule has 6 nitrogen and oxygen atoms in total. The third-order valence-electron chi connectivity index (χ3n) is 6.10. The quantitative estimate of drug-likeness (QED) is 0.456. The van der Waals surface area contributed by atoms with Gasteiger partial charge in [0.1, 0.15) is 0 Å². The average Bonchev–Trinajstić information content (AvgIpc) is 3.37. The summed E-state index contributed by atoms with van der Waals surface area (Å²) in [5.41, 5.74) is 0.781. The summed E-state index contributed by atoms with van der Waals surface area (Å²) in [5, 5.41) is 9.27. The Kier molecular flexibility index (Phi) is 6.61. The van der Waals surface area contributed by atoms with E-state index in [9.17, 15) is 18.0 Å². The lowest BCUT2D eigenvalue weighted by Gasteiger charge is -2.36. The summed E-state index contributed by atoms with van der Waals surface area (Å²) >= 11 is 7.16. The molecule has 1 amide bonds. The van der Waals surface area contributed by atoms with Crippen LogP contribution >= 0.6 is 23.4 Å². The number of alkyl halides is 3. The van der Waals surface area contributed by atoms with Crippen molar-refractivity contribution in [3.8, 4) is 0 Å². The zero-order valence-corrected chi connectivity index (χ0v) is 21.1. The number of nitrogens with one attached hydrogen (secondary N) is 1. The molecule has 0 saturated carbocycles. The number of nitrogens with zero attached hydrogens (tertiary/aromatic N) is 4. The number of halogens is 4. The zero-order chi connectivity index (χ0) is 25.6. The van der Waals surface area contributed by atoms with Gasteiger partial charge in [-0.15, -0.1) is 0 Å². The van der Waals surface area contributed by atoms with Crippen molar-refractivity contribution in [2.45, 2.75) is 38.7 Å². The number of aromatic nitrogens is 2. The van der Waals surface area contributed by atoms with Crippen LogP contribution in [0.3, 0.4) is 0 Å². The van der Waals surface area contributed by atoms with Gasteiger partial charge in [0.05, 0.1) is 28.7 Å². The van der Waals surface area contributed by atoms with Gasteiger partial charge in [-0.1, -0.05) is 23.7 Å². The molecule has 2 aliphatic heterocycles. The minimum Gasteiger partial charge on any atom is -0.348 e. The molecule has 0 radical (unpaired) electrons. The van der Waals surface area contributed by atoms with Gasteiger partial charge >= 0.3 is 6.18 Å². The normalized spacial score (nSPS) is 22.1.